The Morgan fingerprint density at radius 2 is 2.07 bits per heavy atom. The first kappa shape index (κ1) is 19.1. The number of nitrogens with zero attached hydrogens (tertiary/aromatic N) is 3. The minimum atomic E-state index is -0.521. The summed E-state index contributed by atoms with van der Waals surface area (Å²) < 4.78 is 10.2. The Morgan fingerprint density at radius 1 is 1.25 bits per heavy atom. The number of allylic oxidation sites excluding steroid dienone is 1. The molecule has 0 saturated heterocycles. The van der Waals surface area contributed by atoms with Crippen LogP contribution in [0.15, 0.2) is 47.8 Å². The van der Waals surface area contributed by atoms with E-state index in [1.54, 1.807) is 19.3 Å². The maximum absolute atomic E-state index is 11.2. The minimum Gasteiger partial charge on any atom is -0.497 e. The number of aromatic nitrogens is 1. The molecule has 28 heavy (non-hydrogen) atoms. The highest BCUT2D eigenvalue weighted by Gasteiger charge is 2.16. The molecule has 0 unspecified atom stereocenters. The zero-order valence-electron chi connectivity index (χ0n) is 15.1. The molecular formula is C20H15N3O4S. The second kappa shape index (κ2) is 8.33. The first-order valence-corrected chi connectivity index (χ1v) is 8.98. The van der Waals surface area contributed by atoms with Gasteiger partial charge in [-0.05, 0) is 29.8 Å². The lowest BCUT2D eigenvalue weighted by atomic mass is 10.1. The van der Waals surface area contributed by atoms with E-state index >= 15 is 0 Å². The number of nitriles is 1. The summed E-state index contributed by atoms with van der Waals surface area (Å²) in [6, 6.07) is 14.1. The Kier molecular flexibility index (Phi) is 5.67. The van der Waals surface area contributed by atoms with Crippen molar-refractivity contribution in [1.29, 1.82) is 5.26 Å². The molecule has 2 aromatic carbocycles. The van der Waals surface area contributed by atoms with Crippen LogP contribution in [-0.2, 0) is 0 Å². The Bertz CT molecular complexity index is 1100. The summed E-state index contributed by atoms with van der Waals surface area (Å²) in [5, 5.41) is 23.1. The second-order valence-electron chi connectivity index (χ2n) is 5.63. The Hall–Kier alpha value is -3.70. The fourth-order valence-electron chi connectivity index (χ4n) is 2.56. The van der Waals surface area contributed by atoms with Crippen LogP contribution in [-0.4, -0.2) is 24.1 Å². The third-order valence-corrected chi connectivity index (χ3v) is 4.81. The van der Waals surface area contributed by atoms with Gasteiger partial charge in [0.1, 0.15) is 16.8 Å². The van der Waals surface area contributed by atoms with Gasteiger partial charge in [0.05, 0.1) is 30.4 Å². The van der Waals surface area contributed by atoms with Crippen molar-refractivity contribution in [3.8, 4) is 28.8 Å². The maximum Gasteiger partial charge on any atom is 0.311 e. The molecule has 0 radical (unpaired) electrons. The number of hydrogen-bond acceptors (Lipinski definition) is 7. The van der Waals surface area contributed by atoms with Gasteiger partial charge in [-0.25, -0.2) is 4.98 Å². The third-order valence-electron chi connectivity index (χ3n) is 3.93. The molecule has 0 aliphatic rings. The molecule has 0 amide bonds. The van der Waals surface area contributed by atoms with Gasteiger partial charge in [0.25, 0.3) is 0 Å². The smallest absolute Gasteiger partial charge is 0.311 e. The van der Waals surface area contributed by atoms with Crippen LogP contribution in [0.1, 0.15) is 10.6 Å². The average molecular weight is 393 g/mol. The van der Waals surface area contributed by atoms with Crippen molar-refractivity contribution in [3.63, 3.8) is 0 Å². The standard InChI is InChI=1S/C20H15N3O4S/c1-26-16-5-3-4-14(10-16)17-12-28-20(22-17)15(11-21)8-13-6-7-19(27-2)18(9-13)23(24)25/h3-10,12H,1-2H3/b15-8+. The first-order chi connectivity index (χ1) is 13.5. The van der Waals surface area contributed by atoms with Crippen LogP contribution >= 0.6 is 11.3 Å². The van der Waals surface area contributed by atoms with E-state index in [9.17, 15) is 15.4 Å². The molecule has 0 fully saturated rings. The molecule has 0 atom stereocenters. The highest BCUT2D eigenvalue weighted by Crippen LogP contribution is 2.31. The van der Waals surface area contributed by atoms with Crippen LogP contribution in [0, 0.1) is 21.4 Å². The van der Waals surface area contributed by atoms with Crippen molar-refractivity contribution in [3.05, 3.63) is 68.5 Å². The zero-order chi connectivity index (χ0) is 20.1. The third kappa shape index (κ3) is 4.00. The van der Waals surface area contributed by atoms with Crippen LogP contribution in [0.2, 0.25) is 0 Å². The van der Waals surface area contributed by atoms with Gasteiger partial charge >= 0.3 is 5.69 Å². The Morgan fingerprint density at radius 3 is 2.75 bits per heavy atom. The van der Waals surface area contributed by atoms with E-state index in [1.807, 2.05) is 29.6 Å². The lowest BCUT2D eigenvalue weighted by Gasteiger charge is -2.03. The predicted molar refractivity (Wildman–Crippen MR) is 107 cm³/mol. The largest absolute Gasteiger partial charge is 0.497 e. The normalized spacial score (nSPS) is 11.0. The summed E-state index contributed by atoms with van der Waals surface area (Å²) >= 11 is 1.33. The van der Waals surface area contributed by atoms with Crippen molar-refractivity contribution in [2.75, 3.05) is 14.2 Å². The molecular weight excluding hydrogens is 378 g/mol. The topological polar surface area (TPSA) is 98.3 Å². The molecule has 8 heteroatoms. The number of methoxy groups -OCH3 is 2. The highest BCUT2D eigenvalue weighted by molar-refractivity contribution is 7.11. The lowest BCUT2D eigenvalue weighted by Crippen LogP contribution is -1.94. The second-order valence-corrected chi connectivity index (χ2v) is 6.49. The number of benzene rings is 2. The van der Waals surface area contributed by atoms with E-state index in [0.29, 0.717) is 21.9 Å². The van der Waals surface area contributed by atoms with Crippen molar-refractivity contribution >= 4 is 28.7 Å². The fraction of sp³-hybridized carbons (Fsp3) is 0.100. The number of thiazole rings is 1. The van der Waals surface area contributed by atoms with E-state index in [2.05, 4.69) is 11.1 Å². The van der Waals surface area contributed by atoms with Gasteiger partial charge in [-0.3, -0.25) is 10.1 Å². The molecule has 1 heterocycles. The van der Waals surface area contributed by atoms with E-state index in [4.69, 9.17) is 9.47 Å². The number of ether oxygens (including phenoxy) is 2. The average Bonchev–Trinajstić information content (AvgIpc) is 3.22. The molecule has 0 aliphatic heterocycles. The van der Waals surface area contributed by atoms with Crippen LogP contribution in [0.25, 0.3) is 22.9 Å². The summed E-state index contributed by atoms with van der Waals surface area (Å²) in [6.07, 6.45) is 1.57. The summed E-state index contributed by atoms with van der Waals surface area (Å²) in [5.41, 5.74) is 2.27. The van der Waals surface area contributed by atoms with Gasteiger partial charge in [-0.2, -0.15) is 5.26 Å². The molecule has 3 rings (SSSR count). The summed E-state index contributed by atoms with van der Waals surface area (Å²) in [6.45, 7) is 0. The van der Waals surface area contributed by atoms with Crippen LogP contribution in [0.5, 0.6) is 11.5 Å². The molecule has 3 aromatic rings. The summed E-state index contributed by atoms with van der Waals surface area (Å²) in [7, 11) is 2.96. The SMILES string of the molecule is COc1cccc(-c2csc(/C(C#N)=C/c3ccc(OC)c([N+](=O)[O-])c3)n2)c1. The maximum atomic E-state index is 11.2. The quantitative estimate of drug-likeness (QED) is 0.339. The molecule has 140 valence electrons. The van der Waals surface area contributed by atoms with E-state index in [0.717, 1.165) is 11.3 Å². The van der Waals surface area contributed by atoms with E-state index in [1.165, 1.54) is 30.6 Å². The highest BCUT2D eigenvalue weighted by atomic mass is 32.1. The van der Waals surface area contributed by atoms with Crippen LogP contribution in [0.4, 0.5) is 5.69 Å². The zero-order valence-corrected chi connectivity index (χ0v) is 15.9. The number of nitro groups is 1. The summed E-state index contributed by atoms with van der Waals surface area (Å²) in [5.74, 6) is 0.879. The van der Waals surface area contributed by atoms with E-state index in [-0.39, 0.29) is 11.4 Å². The molecule has 0 aliphatic carbocycles. The number of nitro benzene ring substituents is 1. The minimum absolute atomic E-state index is 0.162. The van der Waals surface area contributed by atoms with Crippen LogP contribution in [0.3, 0.4) is 0 Å². The molecule has 0 N–H and O–H groups in total. The van der Waals surface area contributed by atoms with Gasteiger partial charge in [-0.15, -0.1) is 11.3 Å². The lowest BCUT2D eigenvalue weighted by molar-refractivity contribution is -0.385. The van der Waals surface area contributed by atoms with E-state index < -0.39 is 4.92 Å². The van der Waals surface area contributed by atoms with Crippen LogP contribution < -0.4 is 9.47 Å². The van der Waals surface area contributed by atoms with Gasteiger partial charge in [0, 0.05) is 17.0 Å². The molecule has 0 saturated carbocycles. The monoisotopic (exact) mass is 393 g/mol. The predicted octanol–water partition coefficient (Wildman–Crippen LogP) is 4.80. The molecule has 0 bridgehead atoms. The van der Waals surface area contributed by atoms with Crippen molar-refractivity contribution in [2.45, 2.75) is 0 Å². The molecule has 1 aromatic heterocycles. The fourth-order valence-corrected chi connectivity index (χ4v) is 3.36. The van der Waals surface area contributed by atoms with Crippen molar-refractivity contribution in [1.82, 2.24) is 4.98 Å². The first-order valence-electron chi connectivity index (χ1n) is 8.10. The van der Waals surface area contributed by atoms with Crippen molar-refractivity contribution < 1.29 is 14.4 Å². The Labute approximate surface area is 165 Å². The van der Waals surface area contributed by atoms with Gasteiger partial charge in [0.2, 0.25) is 0 Å². The van der Waals surface area contributed by atoms with Crippen molar-refractivity contribution in [2.24, 2.45) is 0 Å². The number of rotatable bonds is 6. The molecule has 0 spiro atoms. The molecule has 7 nitrogen and oxygen atoms in total. The van der Waals surface area contributed by atoms with Gasteiger partial charge in [-0.1, -0.05) is 18.2 Å². The summed E-state index contributed by atoms with van der Waals surface area (Å²) in [4.78, 5) is 15.2. The van der Waals surface area contributed by atoms with Gasteiger partial charge < -0.3 is 9.47 Å². The Balaban J connectivity index is 1.96. The number of hydrogen-bond donors (Lipinski definition) is 0. The van der Waals surface area contributed by atoms with Gasteiger partial charge in [0.15, 0.2) is 5.75 Å².